The number of hydrogen-bond acceptors (Lipinski definition) is 6. The van der Waals surface area contributed by atoms with Gasteiger partial charge in [0.1, 0.15) is 0 Å². The fourth-order valence-corrected chi connectivity index (χ4v) is 1.40. The van der Waals surface area contributed by atoms with E-state index in [4.69, 9.17) is 19.0 Å². The molecule has 1 N–H and O–H groups in total. The lowest BCUT2D eigenvalue weighted by atomic mass is 10.2. The first-order valence-corrected chi connectivity index (χ1v) is 4.95. The van der Waals surface area contributed by atoms with Gasteiger partial charge >= 0.3 is 11.9 Å². The molecule has 0 aliphatic carbocycles. The number of methoxy groups -OCH3 is 2. The van der Waals surface area contributed by atoms with Gasteiger partial charge in [-0.2, -0.15) is 0 Å². The third-order valence-corrected chi connectivity index (χ3v) is 2.24. The van der Waals surface area contributed by atoms with Crippen LogP contribution >= 0.6 is 0 Å². The molecule has 94 valence electrons. The molecule has 2 aromatic rings. The molecule has 7 nitrogen and oxygen atoms in total. The van der Waals surface area contributed by atoms with Crippen LogP contribution in [0.3, 0.4) is 0 Å². The molecule has 0 spiro atoms. The van der Waals surface area contributed by atoms with Crippen molar-refractivity contribution < 1.29 is 23.8 Å². The summed E-state index contributed by atoms with van der Waals surface area (Å²) in [5.41, 5.74) is 0.549. The predicted molar refractivity (Wildman–Crippen MR) is 59.8 cm³/mol. The zero-order valence-corrected chi connectivity index (χ0v) is 9.71. The van der Waals surface area contributed by atoms with Gasteiger partial charge in [0, 0.05) is 5.56 Å². The Morgan fingerprint density at radius 3 is 2.50 bits per heavy atom. The van der Waals surface area contributed by atoms with Crippen LogP contribution in [0.5, 0.6) is 11.5 Å². The molecule has 0 bridgehead atoms. The van der Waals surface area contributed by atoms with Crippen LogP contribution in [0, 0.1) is 0 Å². The lowest BCUT2D eigenvalue weighted by Gasteiger charge is -2.07. The predicted octanol–water partition coefficient (Wildman–Crippen LogP) is 1.45. The van der Waals surface area contributed by atoms with Gasteiger partial charge in [-0.05, 0) is 18.2 Å². The van der Waals surface area contributed by atoms with Crippen molar-refractivity contribution >= 4 is 5.97 Å². The van der Waals surface area contributed by atoms with Crippen LogP contribution in [0.4, 0.5) is 0 Å². The molecule has 0 aliphatic heterocycles. The Kier molecular flexibility index (Phi) is 3.13. The molecule has 0 saturated heterocycles. The van der Waals surface area contributed by atoms with Gasteiger partial charge in [-0.1, -0.05) is 0 Å². The summed E-state index contributed by atoms with van der Waals surface area (Å²) in [7, 11) is 3.02. The quantitative estimate of drug-likeness (QED) is 0.877. The van der Waals surface area contributed by atoms with E-state index < -0.39 is 11.9 Å². The highest BCUT2D eigenvalue weighted by Crippen LogP contribution is 2.31. The van der Waals surface area contributed by atoms with E-state index in [1.165, 1.54) is 14.2 Å². The Labute approximate surface area is 102 Å². The first kappa shape index (κ1) is 11.9. The van der Waals surface area contributed by atoms with Crippen LogP contribution in [0.1, 0.15) is 10.7 Å². The van der Waals surface area contributed by atoms with E-state index in [1.54, 1.807) is 18.2 Å². The number of ether oxygens (including phenoxy) is 2. The average Bonchev–Trinajstić information content (AvgIpc) is 2.87. The van der Waals surface area contributed by atoms with Crippen molar-refractivity contribution in [3.8, 4) is 23.0 Å². The molecule has 0 saturated carbocycles. The second kappa shape index (κ2) is 4.74. The number of benzene rings is 1. The molecular formula is C11H10N2O5. The van der Waals surface area contributed by atoms with Crippen LogP contribution in [0.2, 0.25) is 0 Å². The smallest absolute Gasteiger partial charge is 0.393 e. The highest BCUT2D eigenvalue weighted by Gasteiger charge is 2.15. The Hall–Kier alpha value is -2.57. The molecule has 2 rings (SSSR count). The monoisotopic (exact) mass is 250 g/mol. The molecule has 0 radical (unpaired) electrons. The van der Waals surface area contributed by atoms with E-state index in [1.807, 2.05) is 0 Å². The SMILES string of the molecule is COc1ccc(-c2nnc(C(=O)O)o2)cc1OC. The molecule has 0 atom stereocenters. The van der Waals surface area contributed by atoms with E-state index in [0.717, 1.165) is 0 Å². The minimum absolute atomic E-state index is 0.105. The maximum atomic E-state index is 10.6. The summed E-state index contributed by atoms with van der Waals surface area (Å²) in [5, 5.41) is 15.7. The Morgan fingerprint density at radius 1 is 1.22 bits per heavy atom. The van der Waals surface area contributed by atoms with Gasteiger partial charge in [0.15, 0.2) is 11.5 Å². The van der Waals surface area contributed by atoms with E-state index in [-0.39, 0.29) is 5.89 Å². The third kappa shape index (κ3) is 2.10. The normalized spacial score (nSPS) is 10.1. The molecule has 1 aromatic heterocycles. The maximum absolute atomic E-state index is 10.6. The van der Waals surface area contributed by atoms with Crippen LogP contribution in [-0.4, -0.2) is 35.5 Å². The molecule has 0 fully saturated rings. The molecule has 0 unspecified atom stereocenters. The summed E-state index contributed by atoms with van der Waals surface area (Å²) >= 11 is 0. The summed E-state index contributed by atoms with van der Waals surface area (Å²) in [6.45, 7) is 0. The molecule has 1 heterocycles. The highest BCUT2D eigenvalue weighted by atomic mass is 16.5. The van der Waals surface area contributed by atoms with E-state index in [2.05, 4.69) is 10.2 Å². The van der Waals surface area contributed by atoms with E-state index in [0.29, 0.717) is 17.1 Å². The number of carboxylic acid groups (broad SMARTS) is 1. The van der Waals surface area contributed by atoms with Gasteiger partial charge in [-0.3, -0.25) is 0 Å². The molecule has 18 heavy (non-hydrogen) atoms. The molecule has 1 aromatic carbocycles. The Morgan fingerprint density at radius 2 is 1.94 bits per heavy atom. The number of carboxylic acids is 1. The fraction of sp³-hybridized carbons (Fsp3) is 0.182. The number of nitrogens with zero attached hydrogens (tertiary/aromatic N) is 2. The van der Waals surface area contributed by atoms with Crippen molar-refractivity contribution in [2.24, 2.45) is 0 Å². The standard InChI is InChI=1S/C11H10N2O5/c1-16-7-4-3-6(5-8(7)17-2)9-12-13-10(18-9)11(14)15/h3-5H,1-2H3,(H,14,15). The molecule has 0 amide bonds. The summed E-state index contributed by atoms with van der Waals surface area (Å²) < 4.78 is 15.2. The molecule has 7 heteroatoms. The summed E-state index contributed by atoms with van der Waals surface area (Å²) in [5.74, 6) is -0.577. The summed E-state index contributed by atoms with van der Waals surface area (Å²) in [6.07, 6.45) is 0. The topological polar surface area (TPSA) is 94.7 Å². The maximum Gasteiger partial charge on any atom is 0.393 e. The van der Waals surface area contributed by atoms with Crippen molar-refractivity contribution in [1.82, 2.24) is 10.2 Å². The first-order valence-electron chi connectivity index (χ1n) is 4.95. The second-order valence-corrected chi connectivity index (χ2v) is 3.29. The van der Waals surface area contributed by atoms with Crippen molar-refractivity contribution in [2.75, 3.05) is 14.2 Å². The van der Waals surface area contributed by atoms with Gasteiger partial charge in [0.25, 0.3) is 0 Å². The lowest BCUT2D eigenvalue weighted by Crippen LogP contribution is -1.95. The van der Waals surface area contributed by atoms with Gasteiger partial charge in [-0.25, -0.2) is 4.79 Å². The van der Waals surface area contributed by atoms with Gasteiger partial charge < -0.3 is 19.0 Å². The average molecular weight is 250 g/mol. The minimum atomic E-state index is -1.27. The van der Waals surface area contributed by atoms with Crippen molar-refractivity contribution in [1.29, 1.82) is 0 Å². The number of hydrogen-bond donors (Lipinski definition) is 1. The minimum Gasteiger partial charge on any atom is -0.493 e. The number of carbonyl (C=O) groups is 1. The van der Waals surface area contributed by atoms with E-state index in [9.17, 15) is 4.79 Å². The third-order valence-electron chi connectivity index (χ3n) is 2.24. The number of aromatic carboxylic acids is 1. The van der Waals surface area contributed by atoms with Crippen molar-refractivity contribution in [3.63, 3.8) is 0 Å². The zero-order valence-electron chi connectivity index (χ0n) is 9.71. The second-order valence-electron chi connectivity index (χ2n) is 3.29. The summed E-state index contributed by atoms with van der Waals surface area (Å²) in [4.78, 5) is 10.6. The Balaban J connectivity index is 2.41. The zero-order chi connectivity index (χ0) is 13.1. The summed E-state index contributed by atoms with van der Waals surface area (Å²) in [6, 6.07) is 4.96. The van der Waals surface area contributed by atoms with Crippen molar-refractivity contribution in [3.05, 3.63) is 24.1 Å². The van der Waals surface area contributed by atoms with Crippen LogP contribution in [0.15, 0.2) is 22.6 Å². The van der Waals surface area contributed by atoms with Crippen LogP contribution in [0.25, 0.3) is 11.5 Å². The van der Waals surface area contributed by atoms with Crippen LogP contribution in [-0.2, 0) is 0 Å². The first-order chi connectivity index (χ1) is 8.65. The number of rotatable bonds is 4. The van der Waals surface area contributed by atoms with Gasteiger partial charge in [0.2, 0.25) is 5.89 Å². The van der Waals surface area contributed by atoms with Crippen molar-refractivity contribution in [2.45, 2.75) is 0 Å². The van der Waals surface area contributed by atoms with Gasteiger partial charge in [-0.15, -0.1) is 10.2 Å². The molecular weight excluding hydrogens is 240 g/mol. The number of aromatic nitrogens is 2. The van der Waals surface area contributed by atoms with Crippen LogP contribution < -0.4 is 9.47 Å². The molecule has 0 aliphatic rings. The highest BCUT2D eigenvalue weighted by molar-refractivity contribution is 5.82. The Bertz CT molecular complexity index is 579. The fourth-order valence-electron chi connectivity index (χ4n) is 1.40. The van der Waals surface area contributed by atoms with E-state index >= 15 is 0 Å². The van der Waals surface area contributed by atoms with Gasteiger partial charge in [0.05, 0.1) is 14.2 Å². The lowest BCUT2D eigenvalue weighted by molar-refractivity contribution is 0.0654. The largest absolute Gasteiger partial charge is 0.493 e.